The molecule has 1 aliphatic rings. The molecule has 1 saturated heterocycles. The van der Waals surface area contributed by atoms with E-state index in [1.54, 1.807) is 31.4 Å². The highest BCUT2D eigenvalue weighted by Crippen LogP contribution is 2.27. The predicted molar refractivity (Wildman–Crippen MR) is 109 cm³/mol. The van der Waals surface area contributed by atoms with Crippen LogP contribution in [-0.2, 0) is 11.3 Å². The third kappa shape index (κ3) is 3.84. The quantitative estimate of drug-likeness (QED) is 0.709. The summed E-state index contributed by atoms with van der Waals surface area (Å²) in [5, 5.41) is 3.60. The predicted octanol–water partition coefficient (Wildman–Crippen LogP) is 2.49. The van der Waals surface area contributed by atoms with Gasteiger partial charge in [0.2, 0.25) is 5.91 Å². The molecular formula is C19H21N5O3S. The summed E-state index contributed by atoms with van der Waals surface area (Å²) in [4.78, 5) is 36.1. The summed E-state index contributed by atoms with van der Waals surface area (Å²) in [6.45, 7) is 1.80. The van der Waals surface area contributed by atoms with E-state index in [2.05, 4.69) is 20.2 Å². The minimum atomic E-state index is -0.308. The molecule has 9 heteroatoms. The molecule has 0 aliphatic carbocycles. The van der Waals surface area contributed by atoms with Gasteiger partial charge in [0.1, 0.15) is 23.3 Å². The molecule has 0 bridgehead atoms. The van der Waals surface area contributed by atoms with Gasteiger partial charge in [0, 0.05) is 24.8 Å². The largest absolute Gasteiger partial charge is 0.497 e. The van der Waals surface area contributed by atoms with Crippen LogP contribution in [0.25, 0.3) is 10.3 Å². The number of nitrogens with zero attached hydrogens (tertiary/aromatic N) is 4. The van der Waals surface area contributed by atoms with Crippen LogP contribution in [0.2, 0.25) is 0 Å². The van der Waals surface area contributed by atoms with Crippen LogP contribution in [0.3, 0.4) is 0 Å². The van der Waals surface area contributed by atoms with Crippen molar-refractivity contribution < 1.29 is 9.53 Å². The van der Waals surface area contributed by atoms with Crippen molar-refractivity contribution in [2.45, 2.75) is 25.8 Å². The molecule has 1 N–H and O–H groups in total. The molecule has 0 radical (unpaired) electrons. The molecular weight excluding hydrogens is 378 g/mol. The molecule has 28 heavy (non-hydrogen) atoms. The van der Waals surface area contributed by atoms with Crippen LogP contribution in [0.4, 0.5) is 10.8 Å². The van der Waals surface area contributed by atoms with Gasteiger partial charge in [-0.2, -0.15) is 4.98 Å². The molecule has 1 aliphatic heterocycles. The summed E-state index contributed by atoms with van der Waals surface area (Å²) in [6.07, 6.45) is 4.89. The number of fused-ring (bicyclic) bond motifs is 1. The van der Waals surface area contributed by atoms with Crippen molar-refractivity contribution in [1.82, 2.24) is 14.5 Å². The molecule has 0 saturated carbocycles. The monoisotopic (exact) mass is 399 g/mol. The summed E-state index contributed by atoms with van der Waals surface area (Å²) in [5.74, 6) is 0.338. The molecule has 3 aromatic rings. The van der Waals surface area contributed by atoms with Gasteiger partial charge < -0.3 is 15.0 Å². The topological polar surface area (TPSA) is 89.3 Å². The SMILES string of the molecule is COc1cccc(NC(=O)Cn2cnc3nc(N4CCCCC4)sc3c2=O)c1. The molecule has 8 nitrogen and oxygen atoms in total. The van der Waals surface area contributed by atoms with Crippen LogP contribution in [0.1, 0.15) is 19.3 Å². The Labute approximate surface area is 165 Å². The van der Waals surface area contributed by atoms with E-state index in [1.165, 1.54) is 28.7 Å². The van der Waals surface area contributed by atoms with Crippen LogP contribution in [0.5, 0.6) is 5.75 Å². The molecule has 3 heterocycles. The number of ether oxygens (including phenoxy) is 1. The zero-order valence-corrected chi connectivity index (χ0v) is 16.4. The lowest BCUT2D eigenvalue weighted by molar-refractivity contribution is -0.116. The van der Waals surface area contributed by atoms with Crippen LogP contribution >= 0.6 is 11.3 Å². The molecule has 1 amide bonds. The summed E-state index contributed by atoms with van der Waals surface area (Å²) in [6, 6.07) is 7.06. The maximum atomic E-state index is 12.8. The lowest BCUT2D eigenvalue weighted by Gasteiger charge is -2.25. The Morgan fingerprint density at radius 1 is 1.29 bits per heavy atom. The minimum absolute atomic E-state index is 0.115. The van der Waals surface area contributed by atoms with Crippen molar-refractivity contribution in [3.63, 3.8) is 0 Å². The number of anilines is 2. The van der Waals surface area contributed by atoms with Crippen molar-refractivity contribution in [2.75, 3.05) is 30.4 Å². The second-order valence-electron chi connectivity index (χ2n) is 6.65. The zero-order valence-electron chi connectivity index (χ0n) is 15.6. The first-order valence-corrected chi connectivity index (χ1v) is 10.0. The van der Waals surface area contributed by atoms with E-state index in [9.17, 15) is 9.59 Å². The standard InChI is InChI=1S/C19H21N5O3S/c1-27-14-7-5-6-13(10-14)21-15(25)11-24-12-20-17-16(18(24)26)28-19(22-17)23-8-3-2-4-9-23/h5-7,10,12H,2-4,8-9,11H2,1H3,(H,21,25). The van der Waals surface area contributed by atoms with Crippen LogP contribution in [-0.4, -0.2) is 40.6 Å². The lowest BCUT2D eigenvalue weighted by atomic mass is 10.1. The van der Waals surface area contributed by atoms with Crippen LogP contribution in [0.15, 0.2) is 35.4 Å². The van der Waals surface area contributed by atoms with Gasteiger partial charge in [0.25, 0.3) is 5.56 Å². The Kier molecular flexibility index (Phi) is 5.25. The Balaban J connectivity index is 1.52. The first kappa shape index (κ1) is 18.4. The van der Waals surface area contributed by atoms with E-state index >= 15 is 0 Å². The third-order valence-electron chi connectivity index (χ3n) is 4.67. The van der Waals surface area contributed by atoms with Gasteiger partial charge in [-0.05, 0) is 31.4 Å². The maximum Gasteiger partial charge on any atom is 0.273 e. The molecule has 1 aromatic carbocycles. The number of carbonyl (C=O) groups excluding carboxylic acids is 1. The number of nitrogens with one attached hydrogen (secondary N) is 1. The smallest absolute Gasteiger partial charge is 0.273 e. The number of amides is 1. The number of aromatic nitrogens is 3. The molecule has 0 spiro atoms. The number of thiazole rings is 1. The highest BCUT2D eigenvalue weighted by molar-refractivity contribution is 7.22. The molecule has 146 valence electrons. The van der Waals surface area contributed by atoms with Crippen molar-refractivity contribution >= 4 is 38.4 Å². The van der Waals surface area contributed by atoms with E-state index < -0.39 is 0 Å². The van der Waals surface area contributed by atoms with E-state index in [0.717, 1.165) is 31.1 Å². The number of methoxy groups -OCH3 is 1. The van der Waals surface area contributed by atoms with Gasteiger partial charge >= 0.3 is 0 Å². The summed E-state index contributed by atoms with van der Waals surface area (Å²) in [7, 11) is 1.56. The fourth-order valence-electron chi connectivity index (χ4n) is 3.22. The van der Waals surface area contributed by atoms with Crippen LogP contribution in [0, 0.1) is 0 Å². The van der Waals surface area contributed by atoms with Crippen molar-refractivity contribution in [3.05, 3.63) is 40.9 Å². The minimum Gasteiger partial charge on any atom is -0.497 e. The van der Waals surface area contributed by atoms with Gasteiger partial charge in [0.05, 0.1) is 7.11 Å². The summed E-state index contributed by atoms with van der Waals surface area (Å²) in [5.41, 5.74) is 0.809. The molecule has 4 rings (SSSR count). The molecule has 0 unspecified atom stereocenters. The second kappa shape index (κ2) is 7.97. The second-order valence-corrected chi connectivity index (χ2v) is 7.63. The number of piperidine rings is 1. The zero-order chi connectivity index (χ0) is 19.5. The Hall–Kier alpha value is -2.94. The maximum absolute atomic E-state index is 12.8. The number of hydrogen-bond donors (Lipinski definition) is 1. The third-order valence-corrected chi connectivity index (χ3v) is 5.76. The fourth-order valence-corrected chi connectivity index (χ4v) is 4.24. The van der Waals surface area contributed by atoms with Gasteiger partial charge in [-0.3, -0.25) is 14.2 Å². The fraction of sp³-hybridized carbons (Fsp3) is 0.368. The summed E-state index contributed by atoms with van der Waals surface area (Å²) >= 11 is 1.35. The van der Waals surface area contributed by atoms with Crippen LogP contribution < -0.4 is 20.5 Å². The number of benzene rings is 1. The van der Waals surface area contributed by atoms with Crippen molar-refractivity contribution in [3.8, 4) is 5.75 Å². The van der Waals surface area contributed by atoms with Gasteiger partial charge in [0.15, 0.2) is 10.8 Å². The van der Waals surface area contributed by atoms with E-state index in [0.29, 0.717) is 21.8 Å². The van der Waals surface area contributed by atoms with E-state index in [-0.39, 0.29) is 18.0 Å². The van der Waals surface area contributed by atoms with Gasteiger partial charge in [-0.25, -0.2) is 4.98 Å². The first-order chi connectivity index (χ1) is 13.6. The molecule has 1 fully saturated rings. The normalized spacial score (nSPS) is 14.2. The highest BCUT2D eigenvalue weighted by atomic mass is 32.1. The summed E-state index contributed by atoms with van der Waals surface area (Å²) < 4.78 is 6.95. The average molecular weight is 399 g/mol. The Morgan fingerprint density at radius 3 is 2.89 bits per heavy atom. The number of rotatable bonds is 5. The molecule has 2 aromatic heterocycles. The molecule has 0 atom stereocenters. The van der Waals surface area contributed by atoms with Crippen molar-refractivity contribution in [1.29, 1.82) is 0 Å². The Morgan fingerprint density at radius 2 is 2.11 bits per heavy atom. The Bertz CT molecular complexity index is 1060. The average Bonchev–Trinajstić information content (AvgIpc) is 3.16. The first-order valence-electron chi connectivity index (χ1n) is 9.19. The van der Waals surface area contributed by atoms with E-state index in [4.69, 9.17) is 4.74 Å². The van der Waals surface area contributed by atoms with Crippen molar-refractivity contribution in [2.24, 2.45) is 0 Å². The lowest BCUT2D eigenvalue weighted by Crippen LogP contribution is -2.29. The number of carbonyl (C=O) groups is 1. The highest BCUT2D eigenvalue weighted by Gasteiger charge is 2.18. The van der Waals surface area contributed by atoms with Gasteiger partial charge in [-0.15, -0.1) is 0 Å². The number of hydrogen-bond acceptors (Lipinski definition) is 7. The van der Waals surface area contributed by atoms with Gasteiger partial charge in [-0.1, -0.05) is 17.4 Å². The van der Waals surface area contributed by atoms with E-state index in [1.807, 2.05) is 0 Å².